The Kier molecular flexibility index (Phi) is 4.72. The Morgan fingerprint density at radius 1 is 1.08 bits per heavy atom. The third-order valence-electron chi connectivity index (χ3n) is 3.58. The number of rotatable bonds is 3. The van der Waals surface area contributed by atoms with E-state index in [1.807, 2.05) is 61.5 Å². The molecule has 0 aliphatic heterocycles. The van der Waals surface area contributed by atoms with Crippen LogP contribution in [0, 0.1) is 6.92 Å². The number of hydrazone groups is 1. The zero-order valence-corrected chi connectivity index (χ0v) is 14.0. The molecule has 0 radical (unpaired) electrons. The maximum absolute atomic E-state index is 10.1. The number of aromatic hydroxyl groups is 1. The molecule has 0 heterocycles. The lowest BCUT2D eigenvalue weighted by Gasteiger charge is -2.08. The second-order valence-corrected chi connectivity index (χ2v) is 5.82. The number of benzene rings is 3. The van der Waals surface area contributed by atoms with Gasteiger partial charge in [-0.05, 0) is 53.7 Å². The van der Waals surface area contributed by atoms with E-state index in [2.05, 4.69) is 15.8 Å². The van der Waals surface area contributed by atoms with Gasteiger partial charge in [-0.1, -0.05) is 42.5 Å². The first-order valence-corrected chi connectivity index (χ1v) is 7.92. The van der Waals surface area contributed by atoms with Gasteiger partial charge in [0.2, 0.25) is 0 Å². The monoisotopic (exact) mass is 335 g/mol. The van der Waals surface area contributed by atoms with Crippen molar-refractivity contribution in [2.24, 2.45) is 5.10 Å². The molecule has 0 saturated carbocycles. The van der Waals surface area contributed by atoms with Gasteiger partial charge in [-0.25, -0.2) is 0 Å². The fourth-order valence-electron chi connectivity index (χ4n) is 2.46. The topological polar surface area (TPSA) is 56.7 Å². The fourth-order valence-corrected chi connectivity index (χ4v) is 2.63. The van der Waals surface area contributed by atoms with Crippen molar-refractivity contribution in [1.29, 1.82) is 0 Å². The molecule has 0 spiro atoms. The van der Waals surface area contributed by atoms with Gasteiger partial charge in [0.05, 0.1) is 6.21 Å². The van der Waals surface area contributed by atoms with Gasteiger partial charge in [0.15, 0.2) is 5.11 Å². The van der Waals surface area contributed by atoms with E-state index in [9.17, 15) is 5.11 Å². The van der Waals surface area contributed by atoms with E-state index in [0.29, 0.717) is 10.7 Å². The molecule has 0 atom stereocenters. The summed E-state index contributed by atoms with van der Waals surface area (Å²) in [7, 11) is 0. The number of nitrogens with zero attached hydrogens (tertiary/aromatic N) is 1. The van der Waals surface area contributed by atoms with Crippen molar-refractivity contribution >= 4 is 40.0 Å². The third kappa shape index (κ3) is 3.70. The molecule has 0 aromatic heterocycles. The summed E-state index contributed by atoms with van der Waals surface area (Å²) in [5.74, 6) is 0.178. The van der Waals surface area contributed by atoms with Gasteiger partial charge in [0, 0.05) is 11.3 Å². The van der Waals surface area contributed by atoms with Gasteiger partial charge >= 0.3 is 0 Å². The average Bonchev–Trinajstić information content (AvgIpc) is 2.57. The molecule has 0 bridgehead atoms. The molecule has 3 aromatic rings. The summed E-state index contributed by atoms with van der Waals surface area (Å²) in [6.45, 7) is 2.02. The lowest BCUT2D eigenvalue weighted by atomic mass is 10.0. The van der Waals surface area contributed by atoms with Crippen LogP contribution in [0.4, 0.5) is 5.69 Å². The predicted molar refractivity (Wildman–Crippen MR) is 104 cm³/mol. The summed E-state index contributed by atoms with van der Waals surface area (Å²) in [6.07, 6.45) is 1.57. The van der Waals surface area contributed by atoms with E-state index < -0.39 is 0 Å². The van der Waals surface area contributed by atoms with E-state index in [1.54, 1.807) is 12.3 Å². The van der Waals surface area contributed by atoms with Crippen molar-refractivity contribution in [3.8, 4) is 5.75 Å². The number of hydrogen-bond acceptors (Lipinski definition) is 3. The Hall–Kier alpha value is -2.92. The molecular weight excluding hydrogens is 318 g/mol. The Morgan fingerprint density at radius 2 is 1.92 bits per heavy atom. The van der Waals surface area contributed by atoms with Crippen molar-refractivity contribution in [2.75, 3.05) is 5.32 Å². The van der Waals surface area contributed by atoms with Crippen molar-refractivity contribution in [1.82, 2.24) is 5.43 Å². The zero-order chi connectivity index (χ0) is 16.9. The van der Waals surface area contributed by atoms with Crippen LogP contribution in [-0.4, -0.2) is 16.4 Å². The molecule has 120 valence electrons. The van der Waals surface area contributed by atoms with Gasteiger partial charge in [-0.15, -0.1) is 0 Å². The highest BCUT2D eigenvalue weighted by Gasteiger charge is 2.04. The lowest BCUT2D eigenvalue weighted by molar-refractivity contribution is 0.475. The molecule has 3 rings (SSSR count). The van der Waals surface area contributed by atoms with Gasteiger partial charge in [-0.2, -0.15) is 5.10 Å². The highest BCUT2D eigenvalue weighted by molar-refractivity contribution is 7.80. The second kappa shape index (κ2) is 7.10. The SMILES string of the molecule is Cc1cccc(NC(=S)N/N=C/c2c(O)ccc3ccccc23)c1. The highest BCUT2D eigenvalue weighted by atomic mass is 32.1. The Balaban J connectivity index is 1.72. The highest BCUT2D eigenvalue weighted by Crippen LogP contribution is 2.25. The van der Waals surface area contributed by atoms with Crippen LogP contribution in [0.25, 0.3) is 10.8 Å². The lowest BCUT2D eigenvalue weighted by Crippen LogP contribution is -2.23. The second-order valence-electron chi connectivity index (χ2n) is 5.41. The molecule has 0 aliphatic rings. The summed E-state index contributed by atoms with van der Waals surface area (Å²) in [5, 5.41) is 19.6. The molecule has 24 heavy (non-hydrogen) atoms. The summed E-state index contributed by atoms with van der Waals surface area (Å²) >= 11 is 5.22. The molecule has 3 N–H and O–H groups in total. The molecule has 0 aliphatic carbocycles. The number of phenolic OH excluding ortho intramolecular Hbond substituents is 1. The van der Waals surface area contributed by atoms with Crippen LogP contribution in [0.2, 0.25) is 0 Å². The molecule has 0 amide bonds. The van der Waals surface area contributed by atoms with Crippen LogP contribution < -0.4 is 10.7 Å². The van der Waals surface area contributed by atoms with Gasteiger partial charge in [0.1, 0.15) is 5.75 Å². The zero-order valence-electron chi connectivity index (χ0n) is 13.2. The van der Waals surface area contributed by atoms with E-state index in [1.165, 1.54) is 0 Å². The van der Waals surface area contributed by atoms with Gasteiger partial charge in [0.25, 0.3) is 0 Å². The van der Waals surface area contributed by atoms with Gasteiger partial charge in [-0.3, -0.25) is 5.43 Å². The van der Waals surface area contributed by atoms with E-state index in [4.69, 9.17) is 12.2 Å². The minimum Gasteiger partial charge on any atom is -0.507 e. The molecule has 5 heteroatoms. The number of phenols is 1. The number of fused-ring (bicyclic) bond motifs is 1. The first-order chi connectivity index (χ1) is 11.6. The van der Waals surface area contributed by atoms with E-state index in [-0.39, 0.29) is 5.75 Å². The first-order valence-electron chi connectivity index (χ1n) is 7.51. The van der Waals surface area contributed by atoms with Crippen molar-refractivity contribution in [3.63, 3.8) is 0 Å². The van der Waals surface area contributed by atoms with Crippen LogP contribution in [0.5, 0.6) is 5.75 Å². The molecule has 0 fully saturated rings. The van der Waals surface area contributed by atoms with Crippen molar-refractivity contribution in [2.45, 2.75) is 6.92 Å². The number of thiocarbonyl (C=S) groups is 1. The summed E-state index contributed by atoms with van der Waals surface area (Å²) in [4.78, 5) is 0. The number of nitrogens with one attached hydrogen (secondary N) is 2. The Morgan fingerprint density at radius 3 is 2.75 bits per heavy atom. The molecule has 0 saturated heterocycles. The maximum Gasteiger partial charge on any atom is 0.191 e. The molecule has 4 nitrogen and oxygen atoms in total. The standard InChI is InChI=1S/C19H17N3OS/c1-13-5-4-7-15(11-13)21-19(24)22-20-12-17-16-8-3-2-6-14(16)9-10-18(17)23/h2-12,23H,1H3,(H2,21,22,24)/b20-12+. The predicted octanol–water partition coefficient (Wildman–Crippen LogP) is 4.17. The minimum absolute atomic E-state index is 0.178. The smallest absolute Gasteiger partial charge is 0.191 e. The Labute approximate surface area is 145 Å². The summed E-state index contributed by atoms with van der Waals surface area (Å²) < 4.78 is 0. The maximum atomic E-state index is 10.1. The van der Waals surface area contributed by atoms with E-state index >= 15 is 0 Å². The first kappa shape index (κ1) is 16.0. The Bertz CT molecular complexity index is 921. The van der Waals surface area contributed by atoms with Gasteiger partial charge < -0.3 is 10.4 Å². The molecule has 3 aromatic carbocycles. The van der Waals surface area contributed by atoms with Crippen LogP contribution in [0.3, 0.4) is 0 Å². The third-order valence-corrected chi connectivity index (χ3v) is 3.78. The largest absolute Gasteiger partial charge is 0.507 e. The van der Waals surface area contributed by atoms with Crippen LogP contribution in [-0.2, 0) is 0 Å². The van der Waals surface area contributed by atoms with Crippen molar-refractivity contribution < 1.29 is 5.11 Å². The van der Waals surface area contributed by atoms with Crippen LogP contribution in [0.1, 0.15) is 11.1 Å². The molecule has 0 unspecified atom stereocenters. The number of aryl methyl sites for hydroxylation is 1. The summed E-state index contributed by atoms with van der Waals surface area (Å²) in [6, 6.07) is 19.3. The van der Waals surface area contributed by atoms with Crippen LogP contribution in [0.15, 0.2) is 65.8 Å². The quantitative estimate of drug-likeness (QED) is 0.382. The fraction of sp³-hybridized carbons (Fsp3) is 0.0526. The van der Waals surface area contributed by atoms with E-state index in [0.717, 1.165) is 22.0 Å². The summed E-state index contributed by atoms with van der Waals surface area (Å²) in [5.41, 5.74) is 5.47. The van der Waals surface area contributed by atoms with Crippen molar-refractivity contribution in [3.05, 3.63) is 71.8 Å². The number of anilines is 1. The van der Waals surface area contributed by atoms with Crippen LogP contribution >= 0.6 is 12.2 Å². The minimum atomic E-state index is 0.178. The normalized spacial score (nSPS) is 10.9. The average molecular weight is 335 g/mol. The number of hydrogen-bond donors (Lipinski definition) is 3. The molecular formula is C19H17N3OS.